The highest BCUT2D eigenvalue weighted by atomic mass is 32.2. The molecule has 1 spiro atoms. The predicted octanol–water partition coefficient (Wildman–Crippen LogP) is 0.966. The third-order valence-electron chi connectivity index (χ3n) is 3.82. The van der Waals surface area contributed by atoms with E-state index in [1.165, 1.54) is 6.42 Å². The maximum Gasteiger partial charge on any atom is 0.238 e. The molecule has 0 aromatic rings. The molecule has 2 fully saturated rings. The first kappa shape index (κ1) is 11.9. The molecule has 0 aromatic heterocycles. The Balaban J connectivity index is 1.94. The van der Waals surface area contributed by atoms with Crippen LogP contribution in [-0.2, 0) is 14.6 Å². The first-order valence-corrected chi connectivity index (χ1v) is 7.82. The van der Waals surface area contributed by atoms with Crippen molar-refractivity contribution in [3.8, 4) is 0 Å². The van der Waals surface area contributed by atoms with E-state index in [0.29, 0.717) is 6.42 Å². The lowest BCUT2D eigenvalue weighted by Gasteiger charge is -2.58. The maximum atomic E-state index is 11.9. The zero-order valence-electron chi connectivity index (χ0n) is 9.74. The summed E-state index contributed by atoms with van der Waals surface area (Å²) in [7, 11) is -3.18. The Morgan fingerprint density at radius 2 is 2.00 bits per heavy atom. The minimum Gasteiger partial charge on any atom is -0.336 e. The van der Waals surface area contributed by atoms with Crippen molar-refractivity contribution in [2.24, 2.45) is 0 Å². The molecule has 0 unspecified atom stereocenters. The summed E-state index contributed by atoms with van der Waals surface area (Å²) in [5.74, 6) is -0.346. The van der Waals surface area contributed by atoms with E-state index >= 15 is 0 Å². The van der Waals surface area contributed by atoms with Gasteiger partial charge in [-0.25, -0.2) is 8.42 Å². The number of amides is 1. The number of hydrogen-bond donors (Lipinski definition) is 0. The molecule has 1 heterocycles. The molecule has 0 atom stereocenters. The normalized spacial score (nSPS) is 22.7. The van der Waals surface area contributed by atoms with Crippen molar-refractivity contribution in [2.45, 2.75) is 44.6 Å². The minimum absolute atomic E-state index is 0.0683. The SMILES string of the molecule is CCCS(=O)(=O)CC(=O)N1CCC12CCC2. The molecule has 4 nitrogen and oxygen atoms in total. The maximum absolute atomic E-state index is 11.9. The summed E-state index contributed by atoms with van der Waals surface area (Å²) in [5, 5.41) is 0. The summed E-state index contributed by atoms with van der Waals surface area (Å²) in [6, 6.07) is 0. The fourth-order valence-corrected chi connectivity index (χ4v) is 3.98. The molecular weight excluding hydrogens is 226 g/mol. The van der Waals surface area contributed by atoms with Gasteiger partial charge in [0, 0.05) is 12.1 Å². The second-order valence-electron chi connectivity index (χ2n) is 4.97. The van der Waals surface area contributed by atoms with Crippen molar-refractivity contribution < 1.29 is 13.2 Å². The third kappa shape index (κ3) is 1.97. The second kappa shape index (κ2) is 4.02. The van der Waals surface area contributed by atoms with Gasteiger partial charge in [-0.3, -0.25) is 4.79 Å². The summed E-state index contributed by atoms with van der Waals surface area (Å²) >= 11 is 0. The molecule has 2 aliphatic rings. The van der Waals surface area contributed by atoms with Crippen molar-refractivity contribution in [2.75, 3.05) is 18.1 Å². The molecule has 0 bridgehead atoms. The smallest absolute Gasteiger partial charge is 0.238 e. The monoisotopic (exact) mass is 245 g/mol. The highest BCUT2D eigenvalue weighted by molar-refractivity contribution is 7.92. The van der Waals surface area contributed by atoms with Crippen LogP contribution in [0.3, 0.4) is 0 Å². The molecule has 1 aliphatic carbocycles. The van der Waals surface area contributed by atoms with Gasteiger partial charge >= 0.3 is 0 Å². The van der Waals surface area contributed by atoms with Crippen LogP contribution in [0.5, 0.6) is 0 Å². The average Bonchev–Trinajstić information content (AvgIpc) is 1.96. The van der Waals surface area contributed by atoms with Gasteiger partial charge in [0.25, 0.3) is 0 Å². The van der Waals surface area contributed by atoms with E-state index < -0.39 is 9.84 Å². The van der Waals surface area contributed by atoms with Gasteiger partial charge < -0.3 is 4.90 Å². The third-order valence-corrected chi connectivity index (χ3v) is 5.53. The highest BCUT2D eigenvalue weighted by Gasteiger charge is 2.51. The molecule has 0 aromatic carbocycles. The van der Waals surface area contributed by atoms with E-state index in [2.05, 4.69) is 0 Å². The summed E-state index contributed by atoms with van der Waals surface area (Å²) in [6.45, 7) is 2.57. The quantitative estimate of drug-likeness (QED) is 0.741. The van der Waals surface area contributed by atoms with Crippen molar-refractivity contribution in [1.29, 1.82) is 0 Å². The number of likely N-dealkylation sites (tertiary alicyclic amines) is 1. The average molecular weight is 245 g/mol. The van der Waals surface area contributed by atoms with Gasteiger partial charge in [0.15, 0.2) is 9.84 Å². The summed E-state index contributed by atoms with van der Waals surface area (Å²) < 4.78 is 23.1. The van der Waals surface area contributed by atoms with Gasteiger partial charge in [-0.1, -0.05) is 6.92 Å². The fraction of sp³-hybridized carbons (Fsp3) is 0.909. The van der Waals surface area contributed by atoms with Crippen LogP contribution in [0.1, 0.15) is 39.0 Å². The summed E-state index contributed by atoms with van der Waals surface area (Å²) in [4.78, 5) is 13.7. The van der Waals surface area contributed by atoms with E-state index in [9.17, 15) is 13.2 Å². The van der Waals surface area contributed by atoms with Crippen molar-refractivity contribution in [1.82, 2.24) is 4.90 Å². The zero-order valence-corrected chi connectivity index (χ0v) is 10.6. The van der Waals surface area contributed by atoms with Crippen molar-refractivity contribution in [3.05, 3.63) is 0 Å². The van der Waals surface area contributed by atoms with Crippen LogP contribution in [0.25, 0.3) is 0 Å². The number of sulfone groups is 1. The molecule has 92 valence electrons. The number of rotatable bonds is 4. The Hall–Kier alpha value is -0.580. The zero-order chi connectivity index (χ0) is 11.8. The molecule has 1 aliphatic heterocycles. The van der Waals surface area contributed by atoms with Crippen LogP contribution in [0.4, 0.5) is 0 Å². The Morgan fingerprint density at radius 3 is 2.38 bits per heavy atom. The van der Waals surface area contributed by atoms with Crippen LogP contribution >= 0.6 is 0 Å². The number of carbonyl (C=O) groups excluding carboxylic acids is 1. The van der Waals surface area contributed by atoms with Crippen LogP contribution in [-0.4, -0.2) is 42.8 Å². The highest BCUT2D eigenvalue weighted by Crippen LogP contribution is 2.47. The Kier molecular flexibility index (Phi) is 2.99. The Labute approximate surface area is 96.9 Å². The van der Waals surface area contributed by atoms with E-state index in [1.54, 1.807) is 4.90 Å². The van der Waals surface area contributed by atoms with Gasteiger partial charge in [-0.15, -0.1) is 0 Å². The molecule has 2 rings (SSSR count). The first-order chi connectivity index (χ1) is 7.49. The molecule has 1 amide bonds. The predicted molar refractivity (Wildman–Crippen MR) is 61.9 cm³/mol. The van der Waals surface area contributed by atoms with Crippen LogP contribution in [0, 0.1) is 0 Å². The fourth-order valence-electron chi connectivity index (χ4n) is 2.68. The molecule has 16 heavy (non-hydrogen) atoms. The van der Waals surface area contributed by atoms with Crippen LogP contribution < -0.4 is 0 Å². The van der Waals surface area contributed by atoms with Crippen molar-refractivity contribution in [3.63, 3.8) is 0 Å². The lowest BCUT2D eigenvalue weighted by atomic mass is 9.68. The summed E-state index contributed by atoms with van der Waals surface area (Å²) in [5.41, 5.74) is 0.0683. The standard InChI is InChI=1S/C11H19NO3S/c1-2-8-16(14,15)9-10(13)12-7-6-11(12)4-3-5-11/h2-9H2,1H3. The summed E-state index contributed by atoms with van der Waals surface area (Å²) in [6.07, 6.45) is 4.94. The lowest BCUT2D eigenvalue weighted by molar-refractivity contribution is -0.152. The van der Waals surface area contributed by atoms with Crippen molar-refractivity contribution >= 4 is 15.7 Å². The molecule has 0 N–H and O–H groups in total. The molecule has 1 saturated heterocycles. The molecular formula is C11H19NO3S. The van der Waals surface area contributed by atoms with Gasteiger partial charge in [0.1, 0.15) is 5.75 Å². The Morgan fingerprint density at radius 1 is 1.31 bits per heavy atom. The van der Waals surface area contributed by atoms with Crippen LogP contribution in [0.15, 0.2) is 0 Å². The molecule has 5 heteroatoms. The molecule has 0 radical (unpaired) electrons. The number of carbonyl (C=O) groups is 1. The van der Waals surface area contributed by atoms with Gasteiger partial charge in [-0.05, 0) is 32.1 Å². The second-order valence-corrected chi connectivity index (χ2v) is 7.15. The Bertz CT molecular complexity index is 379. The number of hydrogen-bond acceptors (Lipinski definition) is 3. The lowest BCUT2D eigenvalue weighted by Crippen LogP contribution is -2.66. The van der Waals surface area contributed by atoms with E-state index in [0.717, 1.165) is 25.8 Å². The largest absolute Gasteiger partial charge is 0.336 e. The number of nitrogens with zero attached hydrogens (tertiary/aromatic N) is 1. The van der Waals surface area contributed by atoms with E-state index in [-0.39, 0.29) is 23.0 Å². The topological polar surface area (TPSA) is 54.5 Å². The molecule has 1 saturated carbocycles. The van der Waals surface area contributed by atoms with Gasteiger partial charge in [0.2, 0.25) is 5.91 Å². The van der Waals surface area contributed by atoms with Gasteiger partial charge in [-0.2, -0.15) is 0 Å². The van der Waals surface area contributed by atoms with Crippen LogP contribution in [0.2, 0.25) is 0 Å². The first-order valence-electron chi connectivity index (χ1n) is 6.00. The minimum atomic E-state index is -3.18. The van der Waals surface area contributed by atoms with E-state index in [4.69, 9.17) is 0 Å². The van der Waals surface area contributed by atoms with Gasteiger partial charge in [0.05, 0.1) is 5.75 Å². The van der Waals surface area contributed by atoms with E-state index in [1.807, 2.05) is 6.92 Å².